The van der Waals surface area contributed by atoms with Crippen LogP contribution in [0.4, 0.5) is 17.3 Å². The third-order valence-electron chi connectivity index (χ3n) is 3.14. The molecule has 10 nitrogen and oxygen atoms in total. The Hall–Kier alpha value is -3.21. The molecule has 3 aromatic rings. The highest BCUT2D eigenvalue weighted by molar-refractivity contribution is 7.99. The first kappa shape index (κ1) is 16.6. The molecule has 0 saturated heterocycles. The minimum atomic E-state index is -0.473. The molecule has 0 fully saturated rings. The molecule has 0 radical (unpaired) electrons. The number of hydrogen-bond donors (Lipinski definition) is 2. The van der Waals surface area contributed by atoms with Crippen molar-refractivity contribution in [3.8, 4) is 11.5 Å². The van der Waals surface area contributed by atoms with Crippen molar-refractivity contribution in [3.05, 3.63) is 46.3 Å². The topological polar surface area (TPSA) is 160 Å². The predicted molar refractivity (Wildman–Crippen MR) is 91.5 cm³/mol. The first-order valence-electron chi connectivity index (χ1n) is 7.07. The molecule has 2 aromatic heterocycles. The molecule has 1 atom stereocenters. The Morgan fingerprint density at radius 2 is 1.80 bits per heavy atom. The lowest BCUT2D eigenvalue weighted by atomic mass is 10.2. The molecule has 3 rings (SSSR count). The van der Waals surface area contributed by atoms with E-state index < -0.39 is 4.92 Å². The lowest BCUT2D eigenvalue weighted by Crippen LogP contribution is -2.00. The average Bonchev–Trinajstić information content (AvgIpc) is 3.04. The third-order valence-corrected chi connectivity index (χ3v) is 4.09. The van der Waals surface area contributed by atoms with E-state index in [9.17, 15) is 10.1 Å². The molecular formula is C14H13N7O3S. The van der Waals surface area contributed by atoms with Gasteiger partial charge in [-0.3, -0.25) is 10.1 Å². The van der Waals surface area contributed by atoms with Crippen LogP contribution in [0.5, 0.6) is 0 Å². The number of hydrogen-bond acceptors (Lipinski definition) is 10. The molecule has 0 spiro atoms. The summed E-state index contributed by atoms with van der Waals surface area (Å²) >= 11 is 1.27. The van der Waals surface area contributed by atoms with E-state index in [0.29, 0.717) is 16.6 Å². The van der Waals surface area contributed by atoms with Crippen molar-refractivity contribution in [3.63, 3.8) is 0 Å². The van der Waals surface area contributed by atoms with Crippen LogP contribution in [-0.2, 0) is 0 Å². The molecule has 128 valence electrons. The van der Waals surface area contributed by atoms with Gasteiger partial charge in [0.25, 0.3) is 5.69 Å². The van der Waals surface area contributed by atoms with Crippen LogP contribution in [0, 0.1) is 10.1 Å². The summed E-state index contributed by atoms with van der Waals surface area (Å²) in [6.45, 7) is 1.85. The summed E-state index contributed by atoms with van der Waals surface area (Å²) in [5.41, 5.74) is 11.9. The first-order valence-corrected chi connectivity index (χ1v) is 7.95. The van der Waals surface area contributed by atoms with Gasteiger partial charge in [0, 0.05) is 23.8 Å². The van der Waals surface area contributed by atoms with Gasteiger partial charge in [0.05, 0.1) is 10.2 Å². The fourth-order valence-corrected chi connectivity index (χ4v) is 2.79. The molecule has 0 saturated carbocycles. The van der Waals surface area contributed by atoms with Crippen LogP contribution in [0.2, 0.25) is 0 Å². The van der Waals surface area contributed by atoms with Gasteiger partial charge in [0.2, 0.25) is 11.8 Å². The number of nitrogens with two attached hydrogens (primary N) is 2. The molecule has 25 heavy (non-hydrogen) atoms. The third kappa shape index (κ3) is 3.83. The molecule has 1 aromatic carbocycles. The number of benzene rings is 1. The second kappa shape index (κ2) is 6.73. The highest BCUT2D eigenvalue weighted by Gasteiger charge is 2.18. The summed E-state index contributed by atoms with van der Waals surface area (Å²) in [5.74, 6) is 1.19. The molecule has 4 N–H and O–H groups in total. The van der Waals surface area contributed by atoms with E-state index in [1.165, 1.54) is 30.0 Å². The maximum absolute atomic E-state index is 10.7. The van der Waals surface area contributed by atoms with E-state index in [-0.39, 0.29) is 28.5 Å². The predicted octanol–water partition coefficient (Wildman–Crippen LogP) is 2.45. The van der Waals surface area contributed by atoms with Crippen LogP contribution in [0.1, 0.15) is 18.1 Å². The molecule has 0 amide bonds. The van der Waals surface area contributed by atoms with Gasteiger partial charge in [0.15, 0.2) is 5.16 Å². The van der Waals surface area contributed by atoms with Crippen molar-refractivity contribution in [2.75, 3.05) is 11.5 Å². The van der Waals surface area contributed by atoms with Crippen molar-refractivity contribution in [2.24, 2.45) is 0 Å². The van der Waals surface area contributed by atoms with E-state index in [4.69, 9.17) is 15.9 Å². The zero-order valence-corrected chi connectivity index (χ0v) is 13.8. The van der Waals surface area contributed by atoms with Gasteiger partial charge in [0.1, 0.15) is 11.6 Å². The van der Waals surface area contributed by atoms with Gasteiger partial charge < -0.3 is 15.9 Å². The lowest BCUT2D eigenvalue weighted by molar-refractivity contribution is -0.384. The van der Waals surface area contributed by atoms with Gasteiger partial charge in [-0.25, -0.2) is 9.97 Å². The maximum atomic E-state index is 10.7. The Balaban J connectivity index is 1.77. The Morgan fingerprint density at radius 3 is 2.40 bits per heavy atom. The number of nitrogens with zero attached hydrogens (tertiary/aromatic N) is 5. The van der Waals surface area contributed by atoms with Crippen LogP contribution < -0.4 is 11.5 Å². The zero-order chi connectivity index (χ0) is 18.0. The molecule has 0 aliphatic heterocycles. The molecule has 2 heterocycles. The molecule has 0 aliphatic carbocycles. The molecule has 11 heteroatoms. The summed E-state index contributed by atoms with van der Waals surface area (Å²) in [6, 6.07) is 7.32. The Labute approximate surface area is 145 Å². The number of rotatable bonds is 5. The van der Waals surface area contributed by atoms with Crippen LogP contribution in [0.15, 0.2) is 39.9 Å². The highest BCUT2D eigenvalue weighted by Crippen LogP contribution is 2.34. The molecule has 1 unspecified atom stereocenters. The SMILES string of the molecule is CC(Sc1nc(N)cc(N)n1)c1nnc(-c2ccc([N+](=O)[O-])cc2)o1. The molecule has 0 aliphatic rings. The van der Waals surface area contributed by atoms with Crippen molar-refractivity contribution in [1.29, 1.82) is 0 Å². The normalized spacial score (nSPS) is 12.0. The van der Waals surface area contributed by atoms with E-state index in [0.717, 1.165) is 0 Å². The lowest BCUT2D eigenvalue weighted by Gasteiger charge is -2.06. The maximum Gasteiger partial charge on any atom is 0.269 e. The zero-order valence-electron chi connectivity index (χ0n) is 13.0. The minimum Gasteiger partial charge on any atom is -0.419 e. The fraction of sp³-hybridized carbons (Fsp3) is 0.143. The number of aromatic nitrogens is 4. The summed E-state index contributed by atoms with van der Waals surface area (Å²) in [5, 5.41) is 18.8. The standard InChI is InChI=1S/C14H13N7O3S/c1-7(25-14-17-10(15)6-11(16)18-14)12-19-20-13(24-12)8-2-4-9(5-3-8)21(22)23/h2-7H,1H3,(H4,15,16,17,18). The monoisotopic (exact) mass is 359 g/mol. The molecular weight excluding hydrogens is 346 g/mol. The Bertz CT molecular complexity index is 893. The van der Waals surface area contributed by atoms with Crippen LogP contribution in [0.3, 0.4) is 0 Å². The number of non-ortho nitro benzene ring substituents is 1. The Kier molecular flexibility index (Phi) is 4.48. The quantitative estimate of drug-likeness (QED) is 0.299. The fourth-order valence-electron chi connectivity index (χ4n) is 1.96. The summed E-state index contributed by atoms with van der Waals surface area (Å²) in [6.07, 6.45) is 0. The second-order valence-corrected chi connectivity index (χ2v) is 6.32. The second-order valence-electron chi connectivity index (χ2n) is 5.01. The number of nitro groups is 1. The van der Waals surface area contributed by atoms with Crippen molar-refractivity contribution in [2.45, 2.75) is 17.3 Å². The summed E-state index contributed by atoms with van der Waals surface area (Å²) < 4.78 is 5.63. The largest absolute Gasteiger partial charge is 0.419 e. The van der Waals surface area contributed by atoms with E-state index in [2.05, 4.69) is 20.2 Å². The van der Waals surface area contributed by atoms with Gasteiger partial charge in [-0.2, -0.15) is 0 Å². The summed E-state index contributed by atoms with van der Waals surface area (Å²) in [4.78, 5) is 18.4. The molecule has 0 bridgehead atoms. The summed E-state index contributed by atoms with van der Waals surface area (Å²) in [7, 11) is 0. The van der Waals surface area contributed by atoms with Crippen LogP contribution >= 0.6 is 11.8 Å². The number of nitrogen functional groups attached to an aromatic ring is 2. The first-order chi connectivity index (χ1) is 11.9. The highest BCUT2D eigenvalue weighted by atomic mass is 32.2. The smallest absolute Gasteiger partial charge is 0.269 e. The van der Waals surface area contributed by atoms with Crippen molar-refractivity contribution >= 4 is 29.1 Å². The van der Waals surface area contributed by atoms with Crippen molar-refractivity contribution in [1.82, 2.24) is 20.2 Å². The van der Waals surface area contributed by atoms with Gasteiger partial charge in [-0.05, 0) is 19.1 Å². The van der Waals surface area contributed by atoms with Gasteiger partial charge >= 0.3 is 0 Å². The van der Waals surface area contributed by atoms with E-state index in [1.807, 2.05) is 6.92 Å². The number of thioether (sulfide) groups is 1. The number of nitro benzene ring substituents is 1. The van der Waals surface area contributed by atoms with Crippen LogP contribution in [0.25, 0.3) is 11.5 Å². The van der Waals surface area contributed by atoms with Crippen LogP contribution in [-0.4, -0.2) is 25.1 Å². The van der Waals surface area contributed by atoms with Crippen molar-refractivity contribution < 1.29 is 9.34 Å². The van der Waals surface area contributed by atoms with Gasteiger partial charge in [-0.1, -0.05) is 11.8 Å². The Morgan fingerprint density at radius 1 is 1.16 bits per heavy atom. The average molecular weight is 359 g/mol. The van der Waals surface area contributed by atoms with E-state index >= 15 is 0 Å². The number of anilines is 2. The van der Waals surface area contributed by atoms with E-state index in [1.54, 1.807) is 12.1 Å². The van der Waals surface area contributed by atoms with Gasteiger partial charge in [-0.15, -0.1) is 10.2 Å². The minimum absolute atomic E-state index is 0.0104.